The molecule has 2 aromatic carbocycles. The molecule has 0 aliphatic rings. The quantitative estimate of drug-likeness (QED) is 0.686. The van der Waals surface area contributed by atoms with Gasteiger partial charge in [0.15, 0.2) is 0 Å². The molecule has 24 heavy (non-hydrogen) atoms. The van der Waals surface area contributed by atoms with E-state index in [1.54, 1.807) is 7.11 Å². The van der Waals surface area contributed by atoms with Gasteiger partial charge in [0.2, 0.25) is 5.91 Å². The third kappa shape index (κ3) is 6.22. The monoisotopic (exact) mass is 346 g/mol. The number of ether oxygens (including phenoxy) is 1. The molecule has 128 valence electrons. The van der Waals surface area contributed by atoms with Gasteiger partial charge in [-0.05, 0) is 35.7 Å². The van der Waals surface area contributed by atoms with Gasteiger partial charge >= 0.3 is 0 Å². The first-order chi connectivity index (χ1) is 11.7. The van der Waals surface area contributed by atoms with Crippen LogP contribution in [0.25, 0.3) is 0 Å². The van der Waals surface area contributed by atoms with Gasteiger partial charge in [-0.25, -0.2) is 0 Å². The third-order valence-electron chi connectivity index (χ3n) is 3.67. The highest BCUT2D eigenvalue weighted by Crippen LogP contribution is 2.14. The molecule has 0 fully saturated rings. The minimum Gasteiger partial charge on any atom is -0.497 e. The minimum absolute atomic E-state index is 0.0459. The van der Waals surface area contributed by atoms with Crippen LogP contribution in [0.4, 0.5) is 0 Å². The molecule has 2 rings (SSSR count). The first kappa shape index (κ1) is 18.3. The number of hydrogen-bond acceptors (Lipinski definition) is 3. The number of methoxy groups -OCH3 is 1. The molecule has 0 radical (unpaired) electrons. The van der Waals surface area contributed by atoms with Crippen molar-refractivity contribution in [3.8, 4) is 5.75 Å². The molecule has 5 heteroatoms. The number of nitrogens with one attached hydrogen (secondary N) is 2. The number of carbonyl (C=O) groups is 1. The Balaban J connectivity index is 1.60. The maximum absolute atomic E-state index is 11.8. The van der Waals surface area contributed by atoms with Crippen molar-refractivity contribution in [2.75, 3.05) is 20.2 Å². The Bertz CT molecular complexity index is 661. The number of amides is 1. The number of hydrogen-bond donors (Lipinski definition) is 2. The lowest BCUT2D eigenvalue weighted by Gasteiger charge is -2.08. The molecular weight excluding hydrogens is 324 g/mol. The topological polar surface area (TPSA) is 50.4 Å². The van der Waals surface area contributed by atoms with E-state index < -0.39 is 0 Å². The Morgan fingerprint density at radius 2 is 1.96 bits per heavy atom. The fourth-order valence-corrected chi connectivity index (χ4v) is 2.53. The first-order valence-electron chi connectivity index (χ1n) is 8.03. The SMILES string of the molecule is COc1cccc(CCNC(=O)CCNCc2ccccc2Cl)c1. The molecule has 1 amide bonds. The average molecular weight is 347 g/mol. The van der Waals surface area contributed by atoms with Gasteiger partial charge in [0.05, 0.1) is 7.11 Å². The summed E-state index contributed by atoms with van der Waals surface area (Å²) >= 11 is 6.09. The summed E-state index contributed by atoms with van der Waals surface area (Å²) in [6, 6.07) is 15.6. The van der Waals surface area contributed by atoms with Crippen molar-refractivity contribution in [2.45, 2.75) is 19.4 Å². The van der Waals surface area contributed by atoms with Crippen molar-refractivity contribution in [3.05, 3.63) is 64.7 Å². The predicted octanol–water partition coefficient (Wildman–Crippen LogP) is 3.19. The predicted molar refractivity (Wildman–Crippen MR) is 97.5 cm³/mol. The maximum Gasteiger partial charge on any atom is 0.221 e. The number of rotatable bonds is 9. The van der Waals surface area contributed by atoms with Crippen LogP contribution in [-0.4, -0.2) is 26.1 Å². The summed E-state index contributed by atoms with van der Waals surface area (Å²) in [5.41, 5.74) is 2.18. The normalized spacial score (nSPS) is 10.4. The largest absolute Gasteiger partial charge is 0.497 e. The van der Waals surface area contributed by atoms with E-state index in [1.807, 2.05) is 48.5 Å². The zero-order chi connectivity index (χ0) is 17.2. The fourth-order valence-electron chi connectivity index (χ4n) is 2.33. The molecule has 0 aromatic heterocycles. The lowest BCUT2D eigenvalue weighted by molar-refractivity contribution is -0.120. The lowest BCUT2D eigenvalue weighted by atomic mass is 10.1. The van der Waals surface area contributed by atoms with E-state index in [-0.39, 0.29) is 5.91 Å². The summed E-state index contributed by atoms with van der Waals surface area (Å²) in [4.78, 5) is 11.8. The fraction of sp³-hybridized carbons (Fsp3) is 0.316. The van der Waals surface area contributed by atoms with Crippen molar-refractivity contribution in [2.24, 2.45) is 0 Å². The van der Waals surface area contributed by atoms with Gasteiger partial charge in [-0.1, -0.05) is 41.9 Å². The van der Waals surface area contributed by atoms with Gasteiger partial charge in [0, 0.05) is 31.1 Å². The average Bonchev–Trinajstić information content (AvgIpc) is 2.60. The van der Waals surface area contributed by atoms with Crippen molar-refractivity contribution < 1.29 is 9.53 Å². The van der Waals surface area contributed by atoms with Crippen LogP contribution in [-0.2, 0) is 17.8 Å². The molecular formula is C19H23ClN2O2. The second-order valence-electron chi connectivity index (χ2n) is 5.47. The molecule has 0 heterocycles. The van der Waals surface area contributed by atoms with Gasteiger partial charge in [0.1, 0.15) is 5.75 Å². The van der Waals surface area contributed by atoms with Crippen LogP contribution in [0.2, 0.25) is 5.02 Å². The summed E-state index contributed by atoms with van der Waals surface area (Å²) in [6.07, 6.45) is 1.23. The Hall–Kier alpha value is -2.04. The van der Waals surface area contributed by atoms with Crippen LogP contribution < -0.4 is 15.4 Å². The molecule has 0 atom stereocenters. The van der Waals surface area contributed by atoms with Crippen LogP contribution in [0.1, 0.15) is 17.5 Å². The minimum atomic E-state index is 0.0459. The molecule has 0 bridgehead atoms. The molecule has 4 nitrogen and oxygen atoms in total. The van der Waals surface area contributed by atoms with Crippen LogP contribution in [0.5, 0.6) is 5.75 Å². The highest BCUT2D eigenvalue weighted by molar-refractivity contribution is 6.31. The zero-order valence-electron chi connectivity index (χ0n) is 13.8. The van der Waals surface area contributed by atoms with E-state index in [0.717, 1.165) is 28.3 Å². The second-order valence-corrected chi connectivity index (χ2v) is 5.88. The maximum atomic E-state index is 11.8. The molecule has 0 saturated heterocycles. The van der Waals surface area contributed by atoms with E-state index in [2.05, 4.69) is 10.6 Å². The highest BCUT2D eigenvalue weighted by atomic mass is 35.5. The van der Waals surface area contributed by atoms with E-state index in [4.69, 9.17) is 16.3 Å². The first-order valence-corrected chi connectivity index (χ1v) is 8.40. The Morgan fingerprint density at radius 1 is 1.12 bits per heavy atom. The second kappa shape index (κ2) is 9.96. The van der Waals surface area contributed by atoms with E-state index >= 15 is 0 Å². The Morgan fingerprint density at radius 3 is 2.75 bits per heavy atom. The summed E-state index contributed by atoms with van der Waals surface area (Å²) in [5, 5.41) is 6.91. The van der Waals surface area contributed by atoms with Crippen molar-refractivity contribution >= 4 is 17.5 Å². The standard InChI is InChI=1S/C19H23ClN2O2/c1-24-17-7-4-5-15(13-17)9-12-22-19(23)10-11-21-14-16-6-2-3-8-18(16)20/h2-8,13,21H,9-12,14H2,1H3,(H,22,23). The van der Waals surface area contributed by atoms with Crippen LogP contribution in [0.15, 0.2) is 48.5 Å². The van der Waals surface area contributed by atoms with Crippen molar-refractivity contribution in [3.63, 3.8) is 0 Å². The molecule has 0 spiro atoms. The zero-order valence-corrected chi connectivity index (χ0v) is 14.6. The molecule has 2 N–H and O–H groups in total. The van der Waals surface area contributed by atoms with Crippen LogP contribution in [0, 0.1) is 0 Å². The summed E-state index contributed by atoms with van der Waals surface area (Å²) in [5.74, 6) is 0.882. The highest BCUT2D eigenvalue weighted by Gasteiger charge is 2.03. The van der Waals surface area contributed by atoms with Gasteiger partial charge in [-0.3, -0.25) is 4.79 Å². The molecule has 0 saturated carbocycles. The molecule has 0 aliphatic heterocycles. The molecule has 0 unspecified atom stereocenters. The van der Waals surface area contributed by atoms with Gasteiger partial charge in [0.25, 0.3) is 0 Å². The smallest absolute Gasteiger partial charge is 0.221 e. The lowest BCUT2D eigenvalue weighted by Crippen LogP contribution is -2.29. The molecule has 2 aromatic rings. The van der Waals surface area contributed by atoms with Crippen molar-refractivity contribution in [1.82, 2.24) is 10.6 Å². The van der Waals surface area contributed by atoms with E-state index in [0.29, 0.717) is 26.1 Å². The third-order valence-corrected chi connectivity index (χ3v) is 4.04. The summed E-state index contributed by atoms with van der Waals surface area (Å²) < 4.78 is 5.19. The Labute approximate surface area is 148 Å². The van der Waals surface area contributed by atoms with Gasteiger partial charge < -0.3 is 15.4 Å². The van der Waals surface area contributed by atoms with Gasteiger partial charge in [-0.2, -0.15) is 0 Å². The number of benzene rings is 2. The molecule has 0 aliphatic carbocycles. The number of halogens is 1. The van der Waals surface area contributed by atoms with Crippen LogP contribution >= 0.6 is 11.6 Å². The van der Waals surface area contributed by atoms with E-state index in [1.165, 1.54) is 0 Å². The Kier molecular flexibility index (Phi) is 7.59. The van der Waals surface area contributed by atoms with Gasteiger partial charge in [-0.15, -0.1) is 0 Å². The number of carbonyl (C=O) groups excluding carboxylic acids is 1. The van der Waals surface area contributed by atoms with Crippen molar-refractivity contribution in [1.29, 1.82) is 0 Å². The summed E-state index contributed by atoms with van der Waals surface area (Å²) in [7, 11) is 1.65. The van der Waals surface area contributed by atoms with Crippen LogP contribution in [0.3, 0.4) is 0 Å². The summed E-state index contributed by atoms with van der Waals surface area (Å²) in [6.45, 7) is 1.91. The van der Waals surface area contributed by atoms with E-state index in [9.17, 15) is 4.79 Å².